The van der Waals surface area contributed by atoms with E-state index in [-0.39, 0.29) is 6.04 Å². The molecule has 2 saturated heterocycles. The number of nitrogens with one attached hydrogen (secondary N) is 2. The zero-order chi connectivity index (χ0) is 28.0. The van der Waals surface area contributed by atoms with E-state index in [1.165, 1.54) is 0 Å². The van der Waals surface area contributed by atoms with E-state index >= 15 is 0 Å². The molecule has 1 aromatic carbocycles. The Morgan fingerprint density at radius 1 is 0.811 bits per heavy atom. The van der Waals surface area contributed by atoms with Gasteiger partial charge in [-0.1, -0.05) is 6.07 Å². The summed E-state index contributed by atoms with van der Waals surface area (Å²) in [6, 6.07) is 4.81. The molecule has 206 valence electrons. The van der Waals surface area contributed by atoms with Crippen molar-refractivity contribution in [1.82, 2.24) is 15.4 Å². The molecule has 3 rings (SSSR count). The topological polar surface area (TPSA) is 123 Å². The van der Waals surface area contributed by atoms with Crippen molar-refractivity contribution in [3.63, 3.8) is 0 Å². The van der Waals surface area contributed by atoms with Crippen LogP contribution in [0, 0.1) is 6.92 Å². The van der Waals surface area contributed by atoms with E-state index in [0.29, 0.717) is 42.7 Å². The number of nitrogens with zero attached hydrogens (tertiary/aromatic N) is 2. The molecule has 10 nitrogen and oxygen atoms in total. The Bertz CT molecular complexity index is 910. The molecule has 0 saturated carbocycles. The number of piperidine rings is 2. The van der Waals surface area contributed by atoms with E-state index in [1.54, 1.807) is 25.1 Å². The number of anilines is 1. The maximum atomic E-state index is 12.7. The number of benzene rings is 1. The van der Waals surface area contributed by atoms with Gasteiger partial charge in [0.15, 0.2) is 0 Å². The molecule has 2 N–H and O–H groups in total. The van der Waals surface area contributed by atoms with Crippen LogP contribution in [0.2, 0.25) is 0 Å². The second-order valence-corrected chi connectivity index (χ2v) is 13.0. The molecule has 0 atom stereocenters. The smallest absolute Gasteiger partial charge is 0.412 e. The maximum absolute atomic E-state index is 12.7. The van der Waals surface area contributed by atoms with Crippen LogP contribution < -0.4 is 15.4 Å². The van der Waals surface area contributed by atoms with Crippen molar-refractivity contribution in [2.24, 2.45) is 0 Å². The van der Waals surface area contributed by atoms with Gasteiger partial charge in [-0.25, -0.2) is 9.59 Å². The van der Waals surface area contributed by atoms with E-state index in [4.69, 9.17) is 9.47 Å². The Balaban J connectivity index is 1.62. The fraction of sp³-hybridized carbons (Fsp3) is 0.704. The van der Waals surface area contributed by atoms with Crippen molar-refractivity contribution < 1.29 is 29.5 Å². The zero-order valence-electron chi connectivity index (χ0n) is 23.6. The lowest BCUT2D eigenvalue weighted by molar-refractivity contribution is -0.297. The zero-order valence-corrected chi connectivity index (χ0v) is 23.6. The van der Waals surface area contributed by atoms with E-state index in [1.807, 2.05) is 55.4 Å². The van der Waals surface area contributed by atoms with E-state index in [0.717, 1.165) is 10.1 Å². The van der Waals surface area contributed by atoms with Gasteiger partial charge in [-0.2, -0.15) is 0 Å². The molecule has 0 aliphatic carbocycles. The molecule has 37 heavy (non-hydrogen) atoms. The van der Waals surface area contributed by atoms with E-state index < -0.39 is 40.4 Å². The quantitative estimate of drug-likeness (QED) is 0.553. The molecule has 1 aromatic rings. The highest BCUT2D eigenvalue weighted by molar-refractivity contribution is 5.86. The molecule has 0 spiro atoms. The Morgan fingerprint density at radius 3 is 1.81 bits per heavy atom. The third-order valence-corrected chi connectivity index (χ3v) is 7.46. The molecule has 0 unspecified atom stereocenters. The molecule has 2 aliphatic rings. The van der Waals surface area contributed by atoms with Crippen LogP contribution in [0.15, 0.2) is 18.2 Å². The van der Waals surface area contributed by atoms with Crippen LogP contribution >= 0.6 is 0 Å². The van der Waals surface area contributed by atoms with Crippen molar-refractivity contribution in [3.05, 3.63) is 23.8 Å². The summed E-state index contributed by atoms with van der Waals surface area (Å²) in [5.74, 6) is 0.303. The number of hydrogen-bond donors (Lipinski definition) is 2. The number of ether oxygens (including phenoxy) is 2. The minimum absolute atomic E-state index is 0.215. The summed E-state index contributed by atoms with van der Waals surface area (Å²) in [7, 11) is 0. The summed E-state index contributed by atoms with van der Waals surface area (Å²) >= 11 is 0. The summed E-state index contributed by atoms with van der Waals surface area (Å²) in [4.78, 5) is 25.4. The van der Waals surface area contributed by atoms with Gasteiger partial charge in [0.1, 0.15) is 11.9 Å². The first kappa shape index (κ1) is 29.2. The molecule has 2 amide bonds. The Morgan fingerprint density at radius 2 is 1.30 bits per heavy atom. The monoisotopic (exact) mass is 518 g/mol. The molecule has 2 aliphatic heterocycles. The van der Waals surface area contributed by atoms with Gasteiger partial charge in [0.25, 0.3) is 0 Å². The first-order valence-electron chi connectivity index (χ1n) is 12.8. The summed E-state index contributed by atoms with van der Waals surface area (Å²) in [6.45, 7) is 16.6. The largest absolute Gasteiger partial charge is 0.446 e. The minimum atomic E-state index is -0.654. The van der Waals surface area contributed by atoms with Crippen LogP contribution in [-0.4, -0.2) is 56.6 Å². The normalized spacial score (nSPS) is 23.8. The summed E-state index contributed by atoms with van der Waals surface area (Å²) in [5.41, 5.74) is -1.52. The lowest BCUT2D eigenvalue weighted by Gasteiger charge is -2.49. The lowest BCUT2D eigenvalue weighted by Crippen LogP contribution is -2.62. The molecule has 10 heteroatoms. The average molecular weight is 519 g/mol. The van der Waals surface area contributed by atoms with Crippen LogP contribution in [0.5, 0.6) is 5.75 Å². The Kier molecular flexibility index (Phi) is 7.92. The van der Waals surface area contributed by atoms with Crippen molar-refractivity contribution >= 4 is 17.9 Å². The second kappa shape index (κ2) is 10.1. The average Bonchev–Trinajstić information content (AvgIpc) is 2.72. The maximum Gasteiger partial charge on any atom is 0.412 e. The molecular formula is C27H42N4O6. The van der Waals surface area contributed by atoms with Crippen LogP contribution in [0.1, 0.15) is 86.6 Å². The number of carbonyl (C=O) groups is 2. The lowest BCUT2D eigenvalue weighted by atomic mass is 9.79. The highest BCUT2D eigenvalue weighted by Gasteiger charge is 2.48. The van der Waals surface area contributed by atoms with Crippen LogP contribution in [-0.2, 0) is 15.2 Å². The van der Waals surface area contributed by atoms with Gasteiger partial charge < -0.3 is 14.8 Å². The summed E-state index contributed by atoms with van der Waals surface area (Å²) in [5, 5.41) is 33.0. The van der Waals surface area contributed by atoms with E-state index in [9.17, 15) is 20.0 Å². The molecule has 2 heterocycles. The summed E-state index contributed by atoms with van der Waals surface area (Å²) in [6.07, 6.45) is 0.195. The standard InChI is InChI=1S/C27H42N4O6/c1-17-20(29-23(33)36-19-15-26(6,7)31(35)27(8,9)16-19)11-10-12-21(17)37-22(32)28-18-13-24(2,3)30(34)25(4,5)14-18/h10-12,18-19H,13-16H2,1-9H3,(H,28,32)(H,29,33). The van der Waals surface area contributed by atoms with Crippen LogP contribution in [0.3, 0.4) is 0 Å². The predicted octanol–water partition coefficient (Wildman–Crippen LogP) is 5.37. The number of hydrogen-bond acceptors (Lipinski definition) is 6. The van der Waals surface area contributed by atoms with Crippen molar-refractivity contribution in [2.75, 3.05) is 5.32 Å². The number of amides is 2. The molecule has 0 aromatic heterocycles. The Labute approximate surface area is 220 Å². The minimum Gasteiger partial charge on any atom is -0.446 e. The van der Waals surface area contributed by atoms with Crippen LogP contribution in [0.25, 0.3) is 0 Å². The van der Waals surface area contributed by atoms with Gasteiger partial charge in [0.2, 0.25) is 0 Å². The fourth-order valence-electron chi connectivity index (χ4n) is 6.07. The van der Waals surface area contributed by atoms with Crippen molar-refractivity contribution in [1.29, 1.82) is 0 Å². The van der Waals surface area contributed by atoms with Gasteiger partial charge in [-0.15, -0.1) is 20.5 Å². The van der Waals surface area contributed by atoms with Gasteiger partial charge >= 0.3 is 12.2 Å². The first-order chi connectivity index (χ1) is 16.8. The third-order valence-electron chi connectivity index (χ3n) is 7.46. The van der Waals surface area contributed by atoms with Crippen molar-refractivity contribution in [3.8, 4) is 5.75 Å². The fourth-order valence-corrected chi connectivity index (χ4v) is 6.07. The molecule has 2 radical (unpaired) electrons. The first-order valence-corrected chi connectivity index (χ1v) is 12.8. The van der Waals surface area contributed by atoms with E-state index in [2.05, 4.69) is 10.6 Å². The van der Waals surface area contributed by atoms with Crippen molar-refractivity contribution in [2.45, 2.75) is 122 Å². The molecular weight excluding hydrogens is 476 g/mol. The van der Waals surface area contributed by atoms with Gasteiger partial charge in [0, 0.05) is 46.6 Å². The molecule has 2 fully saturated rings. The van der Waals surface area contributed by atoms with Gasteiger partial charge in [-0.3, -0.25) is 5.32 Å². The highest BCUT2D eigenvalue weighted by Crippen LogP contribution is 2.39. The van der Waals surface area contributed by atoms with Gasteiger partial charge in [-0.05, 0) is 87.3 Å². The predicted molar refractivity (Wildman–Crippen MR) is 138 cm³/mol. The molecule has 0 bridgehead atoms. The third kappa shape index (κ3) is 6.54. The SMILES string of the molecule is Cc1c(NC(=O)OC2CC(C)(C)N([O])C(C)(C)C2)cccc1OC(=O)NC1CC(C)(C)N([O])C(C)(C)C1. The number of carbonyl (C=O) groups excluding carboxylic acids is 2. The Hall–Kier alpha value is -2.40. The van der Waals surface area contributed by atoms with Gasteiger partial charge in [0.05, 0.1) is 5.69 Å². The highest BCUT2D eigenvalue weighted by atomic mass is 16.6. The second-order valence-electron chi connectivity index (χ2n) is 13.0. The summed E-state index contributed by atoms with van der Waals surface area (Å²) < 4.78 is 11.2. The number of hydroxylamine groups is 4. The van der Waals surface area contributed by atoms with Crippen LogP contribution in [0.4, 0.5) is 15.3 Å². The number of rotatable bonds is 4.